The number of nitrogens with one attached hydrogen (secondary N) is 1. The fourth-order valence-corrected chi connectivity index (χ4v) is 3.87. The molecule has 1 aromatic heterocycles. The summed E-state index contributed by atoms with van der Waals surface area (Å²) in [6.45, 7) is 3.30. The molecule has 0 aliphatic carbocycles. The van der Waals surface area contributed by atoms with Crippen molar-refractivity contribution in [3.8, 4) is 0 Å². The van der Waals surface area contributed by atoms with Crippen molar-refractivity contribution in [3.05, 3.63) is 63.5 Å². The van der Waals surface area contributed by atoms with Crippen molar-refractivity contribution < 1.29 is 13.3 Å². The molecule has 0 radical (unpaired) electrons. The maximum absolute atomic E-state index is 12.4. The summed E-state index contributed by atoms with van der Waals surface area (Å²) < 4.78 is 27.4. The number of pyridine rings is 1. The predicted octanol–water partition coefficient (Wildman–Crippen LogP) is 2.13. The molecular formula is C15H17N3O4S. The molecule has 0 aliphatic heterocycles. The Bertz CT molecular complexity index is 797. The molecule has 2 aromatic rings. The van der Waals surface area contributed by atoms with Crippen LogP contribution in [0.2, 0.25) is 0 Å². The van der Waals surface area contributed by atoms with Gasteiger partial charge >= 0.3 is 0 Å². The van der Waals surface area contributed by atoms with E-state index in [1.807, 2.05) is 12.1 Å². The number of benzene rings is 1. The summed E-state index contributed by atoms with van der Waals surface area (Å²) in [6.07, 6.45) is 2.11. The number of aromatic nitrogens is 1. The van der Waals surface area contributed by atoms with Crippen molar-refractivity contribution in [3.63, 3.8) is 0 Å². The van der Waals surface area contributed by atoms with Crippen LogP contribution in [-0.4, -0.2) is 24.9 Å². The molecule has 23 heavy (non-hydrogen) atoms. The van der Waals surface area contributed by atoms with Gasteiger partial charge in [0.15, 0.2) is 0 Å². The van der Waals surface area contributed by atoms with Crippen molar-refractivity contribution in [2.75, 3.05) is 6.54 Å². The average Bonchev–Trinajstić information content (AvgIpc) is 2.47. The highest BCUT2D eigenvalue weighted by molar-refractivity contribution is 7.89. The maximum atomic E-state index is 12.4. The van der Waals surface area contributed by atoms with E-state index < -0.39 is 14.9 Å². The van der Waals surface area contributed by atoms with Gasteiger partial charge in [-0.15, -0.1) is 0 Å². The van der Waals surface area contributed by atoms with Gasteiger partial charge in [0.25, 0.3) is 5.69 Å². The quantitative estimate of drug-likeness (QED) is 0.643. The Labute approximate surface area is 134 Å². The molecule has 0 aliphatic rings. The van der Waals surface area contributed by atoms with Gasteiger partial charge in [0.05, 0.1) is 9.82 Å². The summed E-state index contributed by atoms with van der Waals surface area (Å²) in [5, 5.41) is 10.8. The molecule has 7 nitrogen and oxygen atoms in total. The number of sulfonamides is 1. The summed E-state index contributed by atoms with van der Waals surface area (Å²) in [4.78, 5) is 14.5. The Morgan fingerprint density at radius 1 is 1.22 bits per heavy atom. The van der Waals surface area contributed by atoms with Gasteiger partial charge < -0.3 is 0 Å². The number of hydrogen-bond acceptors (Lipinski definition) is 5. The van der Waals surface area contributed by atoms with E-state index in [1.165, 1.54) is 12.1 Å². The second-order valence-corrected chi connectivity index (χ2v) is 6.84. The first kappa shape index (κ1) is 17.0. The molecule has 0 saturated heterocycles. The number of nitrogens with zero attached hydrogens (tertiary/aromatic N) is 2. The van der Waals surface area contributed by atoms with Crippen LogP contribution < -0.4 is 4.72 Å². The molecule has 0 fully saturated rings. The number of rotatable bonds is 6. The Kier molecular flexibility index (Phi) is 5.07. The van der Waals surface area contributed by atoms with Gasteiger partial charge in [-0.2, -0.15) is 0 Å². The van der Waals surface area contributed by atoms with E-state index in [4.69, 9.17) is 0 Å². The van der Waals surface area contributed by atoms with E-state index in [1.54, 1.807) is 26.1 Å². The molecule has 0 amide bonds. The van der Waals surface area contributed by atoms with E-state index in [0.29, 0.717) is 17.5 Å². The molecule has 122 valence electrons. The highest BCUT2D eigenvalue weighted by atomic mass is 32.2. The number of aryl methyl sites for hydroxylation is 2. The molecule has 0 bridgehead atoms. The second-order valence-electron chi connectivity index (χ2n) is 5.13. The molecule has 1 heterocycles. The lowest BCUT2D eigenvalue weighted by molar-refractivity contribution is -0.385. The first-order valence-electron chi connectivity index (χ1n) is 6.96. The highest BCUT2D eigenvalue weighted by Crippen LogP contribution is 2.25. The summed E-state index contributed by atoms with van der Waals surface area (Å²) in [6, 6.07) is 7.97. The summed E-state index contributed by atoms with van der Waals surface area (Å²) >= 11 is 0. The number of nitro groups is 1. The van der Waals surface area contributed by atoms with E-state index >= 15 is 0 Å². The van der Waals surface area contributed by atoms with Crippen molar-refractivity contribution in [2.45, 2.75) is 25.2 Å². The van der Waals surface area contributed by atoms with Gasteiger partial charge in [-0.25, -0.2) is 13.1 Å². The van der Waals surface area contributed by atoms with Crippen LogP contribution in [0.5, 0.6) is 0 Å². The van der Waals surface area contributed by atoms with Crippen molar-refractivity contribution in [1.82, 2.24) is 9.71 Å². The normalized spacial score (nSPS) is 11.4. The Morgan fingerprint density at radius 3 is 2.39 bits per heavy atom. The minimum atomic E-state index is -3.73. The third-order valence-electron chi connectivity index (χ3n) is 3.32. The lowest BCUT2D eigenvalue weighted by Crippen LogP contribution is -2.27. The van der Waals surface area contributed by atoms with Gasteiger partial charge in [0.1, 0.15) is 0 Å². The van der Waals surface area contributed by atoms with Crippen LogP contribution >= 0.6 is 0 Å². The summed E-state index contributed by atoms with van der Waals surface area (Å²) in [5.41, 5.74) is 1.36. The lowest BCUT2D eigenvalue weighted by Gasteiger charge is -2.12. The predicted molar refractivity (Wildman–Crippen MR) is 85.7 cm³/mol. The Hall–Kier alpha value is -2.32. The van der Waals surface area contributed by atoms with Gasteiger partial charge in [-0.3, -0.25) is 15.1 Å². The van der Waals surface area contributed by atoms with Gasteiger partial charge in [-0.1, -0.05) is 6.07 Å². The number of non-ortho nitro benzene ring substituents is 1. The molecule has 0 spiro atoms. The van der Waals surface area contributed by atoms with Crippen LogP contribution in [0.4, 0.5) is 5.69 Å². The van der Waals surface area contributed by atoms with Crippen LogP contribution in [0, 0.1) is 24.0 Å². The Balaban J connectivity index is 2.18. The van der Waals surface area contributed by atoms with Crippen LogP contribution in [0.25, 0.3) is 0 Å². The van der Waals surface area contributed by atoms with Crippen LogP contribution in [0.3, 0.4) is 0 Å². The average molecular weight is 335 g/mol. The smallest absolute Gasteiger partial charge is 0.261 e. The fourth-order valence-electron chi connectivity index (χ4n) is 2.39. The third kappa shape index (κ3) is 4.11. The number of hydrogen-bond donors (Lipinski definition) is 1. The first-order valence-corrected chi connectivity index (χ1v) is 8.45. The van der Waals surface area contributed by atoms with E-state index in [0.717, 1.165) is 5.69 Å². The zero-order chi connectivity index (χ0) is 17.0. The lowest BCUT2D eigenvalue weighted by atomic mass is 10.1. The molecule has 2 rings (SSSR count). The molecule has 0 unspecified atom stereocenters. The topological polar surface area (TPSA) is 102 Å². The van der Waals surface area contributed by atoms with Crippen LogP contribution in [0.15, 0.2) is 41.4 Å². The van der Waals surface area contributed by atoms with Crippen LogP contribution in [0.1, 0.15) is 16.8 Å². The zero-order valence-electron chi connectivity index (χ0n) is 12.8. The molecule has 0 atom stereocenters. The monoisotopic (exact) mass is 335 g/mol. The Morgan fingerprint density at radius 2 is 1.87 bits per heavy atom. The standard InChI is InChI=1S/C15H17N3O4S/c1-11-9-14(18(19)20)10-12(2)15(11)23(21,22)17-8-6-13-5-3-4-7-16-13/h3-5,7,9-10,17H,6,8H2,1-2H3. The molecule has 1 N–H and O–H groups in total. The fraction of sp³-hybridized carbons (Fsp3) is 0.267. The van der Waals surface area contributed by atoms with Crippen molar-refractivity contribution in [1.29, 1.82) is 0 Å². The van der Waals surface area contributed by atoms with Crippen molar-refractivity contribution in [2.24, 2.45) is 0 Å². The largest absolute Gasteiger partial charge is 0.270 e. The maximum Gasteiger partial charge on any atom is 0.270 e. The highest BCUT2D eigenvalue weighted by Gasteiger charge is 2.22. The third-order valence-corrected chi connectivity index (χ3v) is 5.09. The second kappa shape index (κ2) is 6.84. The molecule has 8 heteroatoms. The minimum absolute atomic E-state index is 0.0871. The molecular weight excluding hydrogens is 318 g/mol. The SMILES string of the molecule is Cc1cc([N+](=O)[O-])cc(C)c1S(=O)(=O)NCCc1ccccn1. The molecule has 1 aromatic carbocycles. The van der Waals surface area contributed by atoms with Crippen LogP contribution in [-0.2, 0) is 16.4 Å². The van der Waals surface area contributed by atoms with Gasteiger partial charge in [0.2, 0.25) is 10.0 Å². The van der Waals surface area contributed by atoms with E-state index in [9.17, 15) is 18.5 Å². The minimum Gasteiger partial charge on any atom is -0.261 e. The van der Waals surface area contributed by atoms with E-state index in [-0.39, 0.29) is 17.1 Å². The van der Waals surface area contributed by atoms with Gasteiger partial charge in [0, 0.05) is 37.0 Å². The first-order chi connectivity index (χ1) is 10.8. The summed E-state index contributed by atoms with van der Waals surface area (Å²) in [7, 11) is -3.73. The zero-order valence-corrected chi connectivity index (χ0v) is 13.6. The molecule has 0 saturated carbocycles. The summed E-state index contributed by atoms with van der Waals surface area (Å²) in [5.74, 6) is 0. The van der Waals surface area contributed by atoms with E-state index in [2.05, 4.69) is 9.71 Å². The number of nitro benzene ring substituents is 1. The van der Waals surface area contributed by atoms with Crippen molar-refractivity contribution >= 4 is 15.7 Å². The van der Waals surface area contributed by atoms with Gasteiger partial charge in [-0.05, 0) is 37.1 Å².